The molecule has 1 fully saturated rings. The first-order valence-corrected chi connectivity index (χ1v) is 7.20. The number of halogens is 3. The average Bonchev–Trinajstić information content (AvgIpc) is 2.36. The van der Waals surface area contributed by atoms with Gasteiger partial charge >= 0.3 is 12.1 Å². The SMILES string of the molecule is CC(NC(=O)CC1CCC(C(F)(F)F)CC1)C(C)C(=O)O. The fourth-order valence-electron chi connectivity index (χ4n) is 2.61. The van der Waals surface area contributed by atoms with Crippen molar-refractivity contribution >= 4 is 11.9 Å². The van der Waals surface area contributed by atoms with Crippen molar-refractivity contribution in [1.82, 2.24) is 5.32 Å². The second-order valence-electron chi connectivity index (χ2n) is 5.95. The smallest absolute Gasteiger partial charge is 0.391 e. The van der Waals surface area contributed by atoms with Crippen LogP contribution in [0.25, 0.3) is 0 Å². The third-order valence-electron chi connectivity index (χ3n) is 4.31. The van der Waals surface area contributed by atoms with Gasteiger partial charge in [0.2, 0.25) is 5.91 Å². The van der Waals surface area contributed by atoms with E-state index in [-0.39, 0.29) is 31.1 Å². The highest BCUT2D eigenvalue weighted by molar-refractivity contribution is 5.78. The number of hydrogen-bond acceptors (Lipinski definition) is 2. The summed E-state index contributed by atoms with van der Waals surface area (Å²) in [5.74, 6) is -3.27. The minimum absolute atomic E-state index is 0.0454. The standard InChI is InChI=1S/C14H22F3NO3/c1-8(13(20)21)9(2)18-12(19)7-10-3-5-11(6-4-10)14(15,16)17/h8-11H,3-7H2,1-2H3,(H,18,19)(H,20,21). The third kappa shape index (κ3) is 5.55. The van der Waals surface area contributed by atoms with E-state index in [9.17, 15) is 22.8 Å². The normalized spacial score (nSPS) is 26.0. The van der Waals surface area contributed by atoms with E-state index in [1.165, 1.54) is 6.92 Å². The largest absolute Gasteiger partial charge is 0.481 e. The van der Waals surface area contributed by atoms with Gasteiger partial charge in [0.05, 0.1) is 11.8 Å². The zero-order chi connectivity index (χ0) is 16.2. The molecule has 0 aromatic rings. The molecule has 122 valence electrons. The molecule has 0 spiro atoms. The first-order valence-electron chi connectivity index (χ1n) is 7.20. The van der Waals surface area contributed by atoms with Gasteiger partial charge in [-0.05, 0) is 45.4 Å². The van der Waals surface area contributed by atoms with Crippen LogP contribution in [0.4, 0.5) is 13.2 Å². The molecule has 2 unspecified atom stereocenters. The zero-order valence-corrected chi connectivity index (χ0v) is 12.2. The van der Waals surface area contributed by atoms with Crippen molar-refractivity contribution in [1.29, 1.82) is 0 Å². The van der Waals surface area contributed by atoms with Crippen LogP contribution in [0, 0.1) is 17.8 Å². The maximum absolute atomic E-state index is 12.5. The Morgan fingerprint density at radius 1 is 1.19 bits per heavy atom. The van der Waals surface area contributed by atoms with E-state index in [0.29, 0.717) is 12.8 Å². The molecule has 0 saturated heterocycles. The van der Waals surface area contributed by atoms with E-state index in [4.69, 9.17) is 5.11 Å². The van der Waals surface area contributed by atoms with E-state index in [2.05, 4.69) is 5.32 Å². The molecule has 1 rings (SSSR count). The summed E-state index contributed by atoms with van der Waals surface area (Å²) in [5, 5.41) is 11.4. The van der Waals surface area contributed by atoms with Crippen molar-refractivity contribution in [3.05, 3.63) is 0 Å². The van der Waals surface area contributed by atoms with Crippen LogP contribution >= 0.6 is 0 Å². The van der Waals surface area contributed by atoms with Gasteiger partial charge < -0.3 is 10.4 Å². The summed E-state index contributed by atoms with van der Waals surface area (Å²) in [4.78, 5) is 22.6. The summed E-state index contributed by atoms with van der Waals surface area (Å²) in [6, 6.07) is -0.499. The molecule has 1 saturated carbocycles. The molecule has 4 nitrogen and oxygen atoms in total. The van der Waals surface area contributed by atoms with Crippen LogP contribution in [0.15, 0.2) is 0 Å². The summed E-state index contributed by atoms with van der Waals surface area (Å²) >= 11 is 0. The molecule has 7 heteroatoms. The van der Waals surface area contributed by atoms with Gasteiger partial charge in [-0.15, -0.1) is 0 Å². The molecule has 0 aromatic carbocycles. The lowest BCUT2D eigenvalue weighted by molar-refractivity contribution is -0.184. The van der Waals surface area contributed by atoms with Crippen molar-refractivity contribution in [3.63, 3.8) is 0 Å². The van der Waals surface area contributed by atoms with Gasteiger partial charge in [-0.1, -0.05) is 0 Å². The predicted molar refractivity (Wildman–Crippen MR) is 70.5 cm³/mol. The minimum atomic E-state index is -4.14. The van der Waals surface area contributed by atoms with Crippen molar-refractivity contribution < 1.29 is 27.9 Å². The molecule has 0 radical (unpaired) electrons. The van der Waals surface area contributed by atoms with Crippen LogP contribution in [-0.2, 0) is 9.59 Å². The molecule has 1 aliphatic carbocycles. The van der Waals surface area contributed by atoms with Gasteiger partial charge in [0.25, 0.3) is 0 Å². The lowest BCUT2D eigenvalue weighted by atomic mass is 9.80. The Bertz CT molecular complexity index is 376. The molecule has 1 amide bonds. The number of nitrogens with one attached hydrogen (secondary N) is 1. The van der Waals surface area contributed by atoms with E-state index in [0.717, 1.165) is 0 Å². The number of rotatable bonds is 5. The Hall–Kier alpha value is -1.27. The zero-order valence-electron chi connectivity index (χ0n) is 12.2. The molecule has 2 N–H and O–H groups in total. The molecule has 0 heterocycles. The van der Waals surface area contributed by atoms with E-state index < -0.39 is 30.0 Å². The van der Waals surface area contributed by atoms with Gasteiger partial charge in [-0.25, -0.2) is 0 Å². The quantitative estimate of drug-likeness (QED) is 0.820. The Morgan fingerprint density at radius 2 is 1.71 bits per heavy atom. The number of carboxylic acid groups (broad SMARTS) is 1. The topological polar surface area (TPSA) is 66.4 Å². The monoisotopic (exact) mass is 309 g/mol. The van der Waals surface area contributed by atoms with Crippen molar-refractivity contribution in [2.75, 3.05) is 0 Å². The second kappa shape index (κ2) is 7.13. The highest BCUT2D eigenvalue weighted by atomic mass is 19.4. The van der Waals surface area contributed by atoms with Gasteiger partial charge in [0, 0.05) is 12.5 Å². The number of hydrogen-bond donors (Lipinski definition) is 2. The molecule has 1 aliphatic rings. The summed E-state index contributed by atoms with van der Waals surface area (Å²) in [5.41, 5.74) is 0. The number of alkyl halides is 3. The van der Waals surface area contributed by atoms with E-state index in [1.54, 1.807) is 6.92 Å². The Balaban J connectivity index is 2.36. The van der Waals surface area contributed by atoms with E-state index in [1.807, 2.05) is 0 Å². The maximum Gasteiger partial charge on any atom is 0.391 e. The molecule has 0 bridgehead atoms. The lowest BCUT2D eigenvalue weighted by Gasteiger charge is -2.29. The molecule has 0 aliphatic heterocycles. The number of amides is 1. The van der Waals surface area contributed by atoms with Gasteiger partial charge in [0.1, 0.15) is 0 Å². The Kier molecular flexibility index (Phi) is 6.04. The summed E-state index contributed by atoms with van der Waals surface area (Å²) in [7, 11) is 0. The van der Waals surface area contributed by atoms with Crippen LogP contribution in [0.3, 0.4) is 0 Å². The van der Waals surface area contributed by atoms with Crippen molar-refractivity contribution in [2.45, 2.75) is 58.2 Å². The molecule has 2 atom stereocenters. The highest BCUT2D eigenvalue weighted by Crippen LogP contribution is 2.40. The fraction of sp³-hybridized carbons (Fsp3) is 0.857. The van der Waals surface area contributed by atoms with E-state index >= 15 is 0 Å². The van der Waals surface area contributed by atoms with Crippen LogP contribution < -0.4 is 5.32 Å². The molecule has 21 heavy (non-hydrogen) atoms. The maximum atomic E-state index is 12.5. The van der Waals surface area contributed by atoms with Gasteiger partial charge in [-0.2, -0.15) is 13.2 Å². The van der Waals surface area contributed by atoms with Crippen molar-refractivity contribution in [2.24, 2.45) is 17.8 Å². The Labute approximate surface area is 122 Å². The van der Waals surface area contributed by atoms with Gasteiger partial charge in [-0.3, -0.25) is 9.59 Å². The molecule has 0 aromatic heterocycles. The summed E-state index contributed by atoms with van der Waals surface area (Å²) in [6.07, 6.45) is -3.05. The average molecular weight is 309 g/mol. The predicted octanol–water partition coefficient (Wildman–Crippen LogP) is 2.97. The number of carboxylic acids is 1. The number of carbonyl (C=O) groups excluding carboxylic acids is 1. The van der Waals surface area contributed by atoms with Gasteiger partial charge in [0.15, 0.2) is 0 Å². The highest BCUT2D eigenvalue weighted by Gasteiger charge is 2.41. The fourth-order valence-corrected chi connectivity index (χ4v) is 2.61. The summed E-state index contributed by atoms with van der Waals surface area (Å²) < 4.78 is 37.6. The third-order valence-corrected chi connectivity index (χ3v) is 4.31. The molecular weight excluding hydrogens is 287 g/mol. The van der Waals surface area contributed by atoms with Crippen LogP contribution in [-0.4, -0.2) is 29.2 Å². The number of carbonyl (C=O) groups is 2. The van der Waals surface area contributed by atoms with Crippen LogP contribution in [0.1, 0.15) is 46.0 Å². The Morgan fingerprint density at radius 3 is 2.14 bits per heavy atom. The lowest BCUT2D eigenvalue weighted by Crippen LogP contribution is -2.41. The molecular formula is C14H22F3NO3. The second-order valence-corrected chi connectivity index (χ2v) is 5.95. The first-order chi connectivity index (χ1) is 9.61. The minimum Gasteiger partial charge on any atom is -0.481 e. The van der Waals surface area contributed by atoms with Crippen LogP contribution in [0.5, 0.6) is 0 Å². The van der Waals surface area contributed by atoms with Crippen LogP contribution in [0.2, 0.25) is 0 Å². The summed E-state index contributed by atoms with van der Waals surface area (Å²) in [6.45, 7) is 3.11. The first kappa shape index (κ1) is 17.8. The number of aliphatic carboxylic acids is 1. The van der Waals surface area contributed by atoms with Crippen molar-refractivity contribution in [3.8, 4) is 0 Å².